The molecule has 3 aromatic rings. The number of hydrogen-bond donors (Lipinski definition) is 1. The van der Waals surface area contributed by atoms with Gasteiger partial charge in [0.1, 0.15) is 17.3 Å². The van der Waals surface area contributed by atoms with Crippen molar-refractivity contribution in [1.82, 2.24) is 4.57 Å². The van der Waals surface area contributed by atoms with Crippen LogP contribution in [0, 0.1) is 0 Å². The van der Waals surface area contributed by atoms with Gasteiger partial charge in [0, 0.05) is 4.88 Å². The summed E-state index contributed by atoms with van der Waals surface area (Å²) in [6.07, 6.45) is 4.84. The summed E-state index contributed by atoms with van der Waals surface area (Å²) in [7, 11) is 1.30. The number of aryl methyl sites for hydroxylation is 1. The van der Waals surface area contributed by atoms with E-state index >= 15 is 0 Å². The Morgan fingerprint density at radius 3 is 2.61 bits per heavy atom. The lowest BCUT2D eigenvalue weighted by molar-refractivity contribution is -0.141. The smallest absolute Gasteiger partial charge is 0.341 e. The number of carbonyl (C=O) groups excluding carboxylic acids is 4. The first-order chi connectivity index (χ1) is 19.8. The van der Waals surface area contributed by atoms with E-state index in [2.05, 4.69) is 10.3 Å². The maximum Gasteiger partial charge on any atom is 0.341 e. The van der Waals surface area contributed by atoms with Crippen LogP contribution in [-0.4, -0.2) is 60.1 Å². The van der Waals surface area contributed by atoms with E-state index in [4.69, 9.17) is 14.2 Å². The van der Waals surface area contributed by atoms with E-state index in [1.54, 1.807) is 17.6 Å². The Morgan fingerprint density at radius 2 is 1.85 bits per heavy atom. The molecule has 2 amide bonds. The molecule has 4 rings (SSSR count). The van der Waals surface area contributed by atoms with Crippen molar-refractivity contribution in [3.8, 4) is 5.75 Å². The Morgan fingerprint density at radius 1 is 1.05 bits per heavy atom. The van der Waals surface area contributed by atoms with Gasteiger partial charge in [-0.1, -0.05) is 17.8 Å². The van der Waals surface area contributed by atoms with Gasteiger partial charge in [0.25, 0.3) is 5.91 Å². The van der Waals surface area contributed by atoms with Gasteiger partial charge in [-0.25, -0.2) is 4.79 Å². The molecule has 0 unspecified atom stereocenters. The van der Waals surface area contributed by atoms with Crippen LogP contribution < -0.4 is 14.9 Å². The highest BCUT2D eigenvalue weighted by Crippen LogP contribution is 2.38. The molecular weight excluding hydrogens is 587 g/mol. The first-order valence-electron chi connectivity index (χ1n) is 13.4. The highest BCUT2D eigenvalue weighted by atomic mass is 32.2. The molecule has 10 nitrogen and oxygen atoms in total. The third-order valence-electron chi connectivity index (χ3n) is 6.31. The monoisotopic (exact) mass is 619 g/mol. The van der Waals surface area contributed by atoms with E-state index in [1.165, 1.54) is 29.8 Å². The normalized spacial score (nSPS) is 13.4. The van der Waals surface area contributed by atoms with E-state index in [-0.39, 0.29) is 30.6 Å². The van der Waals surface area contributed by atoms with Crippen LogP contribution in [0.2, 0.25) is 0 Å². The van der Waals surface area contributed by atoms with Crippen molar-refractivity contribution in [3.05, 3.63) is 39.0 Å². The van der Waals surface area contributed by atoms with E-state index in [1.807, 2.05) is 19.1 Å². The van der Waals surface area contributed by atoms with Crippen molar-refractivity contribution < 1.29 is 33.4 Å². The van der Waals surface area contributed by atoms with Crippen molar-refractivity contribution in [2.45, 2.75) is 52.5 Å². The summed E-state index contributed by atoms with van der Waals surface area (Å²) >= 11 is 3.83. The standard InChI is InChI=1S/C28H33N3O7S3/c1-4-37-17-11-12-19-21(13-17)41-28(31(19)14-24(34)36-3)30-23(33)16-39-15-22(32)29-26-25(27(35)38-5-2)18-9-7-6-8-10-20(18)40-26/h11-13H,4-10,14-16H2,1-3H3,(H,29,32). The van der Waals surface area contributed by atoms with Crippen LogP contribution in [0.1, 0.15) is 53.9 Å². The third kappa shape index (κ3) is 7.77. The summed E-state index contributed by atoms with van der Waals surface area (Å²) < 4.78 is 18.1. The molecule has 41 heavy (non-hydrogen) atoms. The number of nitrogens with zero attached hydrogens (tertiary/aromatic N) is 2. The molecule has 1 aliphatic rings. The quantitative estimate of drug-likeness (QED) is 0.244. The molecule has 0 atom stereocenters. The van der Waals surface area contributed by atoms with Crippen LogP contribution in [0.3, 0.4) is 0 Å². The number of rotatable bonds is 11. The predicted octanol–water partition coefficient (Wildman–Crippen LogP) is 4.58. The zero-order valence-corrected chi connectivity index (χ0v) is 25.7. The molecule has 0 saturated heterocycles. The Bertz CT molecular complexity index is 1510. The molecular formula is C28H33N3O7S3. The van der Waals surface area contributed by atoms with Gasteiger partial charge in [-0.05, 0) is 63.3 Å². The number of carbonyl (C=O) groups is 4. The van der Waals surface area contributed by atoms with Crippen LogP contribution >= 0.6 is 34.4 Å². The fourth-order valence-corrected chi connectivity index (χ4v) is 7.49. The van der Waals surface area contributed by atoms with E-state index in [0.29, 0.717) is 27.7 Å². The number of anilines is 1. The SMILES string of the molecule is CCOC(=O)c1c(NC(=O)CSCC(=O)N=c2sc3cc(OCC)ccc3n2CC(=O)OC)sc2c1CCCCC2. The van der Waals surface area contributed by atoms with Gasteiger partial charge in [0.15, 0.2) is 4.80 Å². The zero-order valence-electron chi connectivity index (χ0n) is 23.3. The molecule has 0 saturated carbocycles. The van der Waals surface area contributed by atoms with Crippen LogP contribution in [0.25, 0.3) is 10.2 Å². The summed E-state index contributed by atoms with van der Waals surface area (Å²) in [4.78, 5) is 56.0. The second-order valence-electron chi connectivity index (χ2n) is 9.15. The molecule has 0 spiro atoms. The van der Waals surface area contributed by atoms with Gasteiger partial charge in [-0.15, -0.1) is 23.1 Å². The number of hydrogen-bond acceptors (Lipinski definition) is 10. The van der Waals surface area contributed by atoms with E-state index in [0.717, 1.165) is 64.5 Å². The Kier molecular flexibility index (Phi) is 11.0. The van der Waals surface area contributed by atoms with Crippen LogP contribution in [0.4, 0.5) is 5.00 Å². The first-order valence-corrected chi connectivity index (χ1v) is 16.2. The van der Waals surface area contributed by atoms with Crippen LogP contribution in [0.15, 0.2) is 23.2 Å². The highest BCUT2D eigenvalue weighted by molar-refractivity contribution is 8.00. The van der Waals surface area contributed by atoms with Crippen molar-refractivity contribution in [2.24, 2.45) is 4.99 Å². The number of nitrogens with one attached hydrogen (secondary N) is 1. The summed E-state index contributed by atoms with van der Waals surface area (Å²) in [5.41, 5.74) is 2.18. The van der Waals surface area contributed by atoms with Gasteiger partial charge < -0.3 is 24.1 Å². The van der Waals surface area contributed by atoms with Gasteiger partial charge in [-0.3, -0.25) is 14.4 Å². The molecule has 0 radical (unpaired) electrons. The lowest BCUT2D eigenvalue weighted by atomic mass is 10.1. The molecule has 1 N–H and O–H groups in total. The third-order valence-corrected chi connectivity index (χ3v) is 9.48. The lowest BCUT2D eigenvalue weighted by Gasteiger charge is -2.08. The Balaban J connectivity index is 1.44. The fourth-order valence-electron chi connectivity index (χ4n) is 4.52. The summed E-state index contributed by atoms with van der Waals surface area (Å²) in [6.45, 7) is 4.32. The number of amides is 2. The fraction of sp³-hybridized carbons (Fsp3) is 0.464. The number of methoxy groups -OCH3 is 1. The molecule has 1 aliphatic carbocycles. The second-order valence-corrected chi connectivity index (χ2v) is 12.2. The lowest BCUT2D eigenvalue weighted by Crippen LogP contribution is -2.23. The van der Waals surface area contributed by atoms with Crippen molar-refractivity contribution in [2.75, 3.05) is 37.1 Å². The average molecular weight is 620 g/mol. The Labute approximate surface area is 250 Å². The number of esters is 2. The summed E-state index contributed by atoms with van der Waals surface area (Å²) in [5.74, 6) is -0.968. The van der Waals surface area contributed by atoms with Crippen LogP contribution in [0.5, 0.6) is 5.75 Å². The number of ether oxygens (including phenoxy) is 3. The maximum atomic E-state index is 12.8. The van der Waals surface area contributed by atoms with Gasteiger partial charge in [-0.2, -0.15) is 4.99 Å². The molecule has 13 heteroatoms. The minimum absolute atomic E-state index is 0.0123. The minimum atomic E-state index is -0.466. The Hall–Kier alpha value is -3.16. The molecule has 0 fully saturated rings. The van der Waals surface area contributed by atoms with Gasteiger partial charge >= 0.3 is 11.9 Å². The van der Waals surface area contributed by atoms with Crippen molar-refractivity contribution in [1.29, 1.82) is 0 Å². The number of aromatic nitrogens is 1. The second kappa shape index (κ2) is 14.6. The maximum absolute atomic E-state index is 12.8. The molecule has 220 valence electrons. The molecule has 2 aromatic heterocycles. The molecule has 0 bridgehead atoms. The number of fused-ring (bicyclic) bond motifs is 2. The first kappa shape index (κ1) is 30.8. The predicted molar refractivity (Wildman–Crippen MR) is 161 cm³/mol. The van der Waals surface area contributed by atoms with Gasteiger partial charge in [0.2, 0.25) is 5.91 Å². The summed E-state index contributed by atoms with van der Waals surface area (Å²) in [6, 6.07) is 5.46. The average Bonchev–Trinajstić information content (AvgIpc) is 3.35. The molecule has 0 aliphatic heterocycles. The van der Waals surface area contributed by atoms with E-state index < -0.39 is 17.8 Å². The number of thioether (sulfide) groups is 1. The largest absolute Gasteiger partial charge is 0.494 e. The summed E-state index contributed by atoms with van der Waals surface area (Å²) in [5, 5.41) is 3.38. The number of thiazole rings is 1. The minimum Gasteiger partial charge on any atom is -0.494 e. The topological polar surface area (TPSA) is 125 Å². The highest BCUT2D eigenvalue weighted by Gasteiger charge is 2.26. The number of thiophene rings is 1. The van der Waals surface area contributed by atoms with Gasteiger partial charge in [0.05, 0.1) is 47.6 Å². The van der Waals surface area contributed by atoms with Crippen molar-refractivity contribution in [3.63, 3.8) is 0 Å². The van der Waals surface area contributed by atoms with E-state index in [9.17, 15) is 19.2 Å². The van der Waals surface area contributed by atoms with Crippen LogP contribution in [-0.2, 0) is 43.2 Å². The molecule has 2 heterocycles. The number of benzene rings is 1. The zero-order chi connectivity index (χ0) is 29.4. The molecule has 1 aromatic carbocycles. The van der Waals surface area contributed by atoms with Crippen molar-refractivity contribution >= 4 is 73.4 Å².